The largest absolute Gasteiger partial charge is 0.369 e. The first kappa shape index (κ1) is 17.2. The normalized spacial score (nSPS) is 15.5. The molecule has 6 nitrogen and oxygen atoms in total. The highest BCUT2D eigenvalue weighted by molar-refractivity contribution is 5.94. The number of ether oxygens (including phenoxy) is 1. The van der Waals surface area contributed by atoms with E-state index in [-0.39, 0.29) is 25.2 Å². The number of hydrogen-bond donors (Lipinski definition) is 1. The van der Waals surface area contributed by atoms with Crippen LogP contribution in [-0.2, 0) is 4.74 Å². The fourth-order valence-corrected chi connectivity index (χ4v) is 3.01. The number of nitrogens with two attached hydrogens (primary N) is 1. The minimum absolute atomic E-state index is 0.172. The molecule has 0 amide bonds. The summed E-state index contributed by atoms with van der Waals surface area (Å²) in [6.45, 7) is 2.43. The maximum absolute atomic E-state index is 14.7. The number of benzene rings is 2. The summed E-state index contributed by atoms with van der Waals surface area (Å²) in [5.41, 5.74) is 8.07. The van der Waals surface area contributed by atoms with Crippen molar-refractivity contribution in [3.8, 4) is 11.1 Å². The van der Waals surface area contributed by atoms with E-state index >= 15 is 0 Å². The first-order chi connectivity index (χ1) is 13.1. The SMILES string of the molecule is CC(c1ccc(-c2ccccc2)c(F)c1)c1cc(N2COCN=C2N)no1. The second-order valence-corrected chi connectivity index (χ2v) is 6.32. The summed E-state index contributed by atoms with van der Waals surface area (Å²) in [7, 11) is 0. The third-order valence-electron chi connectivity index (χ3n) is 4.61. The average molecular weight is 366 g/mol. The van der Waals surface area contributed by atoms with Crippen molar-refractivity contribution in [3.63, 3.8) is 0 Å². The molecule has 0 spiro atoms. The van der Waals surface area contributed by atoms with Crippen molar-refractivity contribution in [1.29, 1.82) is 0 Å². The van der Waals surface area contributed by atoms with Gasteiger partial charge in [0.1, 0.15) is 25.0 Å². The molecule has 0 bridgehead atoms. The third-order valence-corrected chi connectivity index (χ3v) is 4.61. The van der Waals surface area contributed by atoms with Crippen molar-refractivity contribution in [3.05, 3.63) is 71.7 Å². The lowest BCUT2D eigenvalue weighted by molar-refractivity contribution is 0.139. The Labute approximate surface area is 156 Å². The minimum atomic E-state index is -0.272. The van der Waals surface area contributed by atoms with E-state index < -0.39 is 0 Å². The second kappa shape index (κ2) is 7.20. The van der Waals surface area contributed by atoms with Crippen LogP contribution in [0.3, 0.4) is 0 Å². The number of rotatable bonds is 4. The Morgan fingerprint density at radius 3 is 2.70 bits per heavy atom. The zero-order valence-corrected chi connectivity index (χ0v) is 14.8. The van der Waals surface area contributed by atoms with E-state index in [4.69, 9.17) is 15.0 Å². The molecule has 2 N–H and O–H groups in total. The fraction of sp³-hybridized carbons (Fsp3) is 0.200. The Bertz CT molecular complexity index is 971. The quantitative estimate of drug-likeness (QED) is 0.762. The molecule has 3 aromatic rings. The minimum Gasteiger partial charge on any atom is -0.369 e. The van der Waals surface area contributed by atoms with Crippen LogP contribution in [0.4, 0.5) is 10.2 Å². The topological polar surface area (TPSA) is 76.9 Å². The van der Waals surface area contributed by atoms with E-state index in [0.29, 0.717) is 23.1 Å². The summed E-state index contributed by atoms with van der Waals surface area (Å²) in [5.74, 6) is 1.00. The van der Waals surface area contributed by atoms with E-state index in [1.54, 1.807) is 17.0 Å². The van der Waals surface area contributed by atoms with Gasteiger partial charge in [0, 0.05) is 17.5 Å². The smallest absolute Gasteiger partial charge is 0.201 e. The van der Waals surface area contributed by atoms with Crippen LogP contribution >= 0.6 is 0 Å². The van der Waals surface area contributed by atoms with Crippen LogP contribution in [0.15, 0.2) is 64.1 Å². The summed E-state index contributed by atoms with van der Waals surface area (Å²) in [4.78, 5) is 5.63. The highest BCUT2D eigenvalue weighted by atomic mass is 19.1. The van der Waals surface area contributed by atoms with Crippen LogP contribution < -0.4 is 10.6 Å². The number of hydrogen-bond acceptors (Lipinski definition) is 6. The van der Waals surface area contributed by atoms with Crippen LogP contribution in [0.2, 0.25) is 0 Å². The summed E-state index contributed by atoms with van der Waals surface area (Å²) in [6, 6.07) is 16.5. The van der Waals surface area contributed by atoms with Gasteiger partial charge in [0.2, 0.25) is 5.96 Å². The number of anilines is 1. The van der Waals surface area contributed by atoms with Gasteiger partial charge in [0.05, 0.1) is 0 Å². The molecule has 27 heavy (non-hydrogen) atoms. The van der Waals surface area contributed by atoms with Gasteiger partial charge in [-0.3, -0.25) is 4.90 Å². The highest BCUT2D eigenvalue weighted by Crippen LogP contribution is 2.31. The van der Waals surface area contributed by atoms with E-state index in [2.05, 4.69) is 10.1 Å². The molecule has 2 aromatic carbocycles. The lowest BCUT2D eigenvalue weighted by atomic mass is 9.95. The standard InChI is InChI=1S/C20H19FN4O2/c1-13(18-10-19(24-27-18)25-12-26-11-23-20(25)22)15-7-8-16(17(21)9-15)14-5-3-2-4-6-14/h2-10,13H,11-12H2,1H3,(H2,22,23). The molecule has 0 saturated carbocycles. The molecular formula is C20H19FN4O2. The monoisotopic (exact) mass is 366 g/mol. The number of halogens is 1. The number of aromatic nitrogens is 1. The molecule has 138 valence electrons. The van der Waals surface area contributed by atoms with Crippen molar-refractivity contribution in [1.82, 2.24) is 5.16 Å². The van der Waals surface area contributed by atoms with Gasteiger partial charge in [-0.1, -0.05) is 54.5 Å². The zero-order chi connectivity index (χ0) is 18.8. The lowest BCUT2D eigenvalue weighted by Gasteiger charge is -2.23. The van der Waals surface area contributed by atoms with Crippen LogP contribution in [0, 0.1) is 5.82 Å². The van der Waals surface area contributed by atoms with E-state index in [1.807, 2.05) is 43.3 Å². The van der Waals surface area contributed by atoms with Crippen LogP contribution in [0.25, 0.3) is 11.1 Å². The zero-order valence-electron chi connectivity index (χ0n) is 14.8. The van der Waals surface area contributed by atoms with Gasteiger partial charge in [-0.2, -0.15) is 0 Å². The molecule has 7 heteroatoms. The van der Waals surface area contributed by atoms with Gasteiger partial charge >= 0.3 is 0 Å². The Morgan fingerprint density at radius 2 is 1.96 bits per heavy atom. The Hall–Kier alpha value is -3.19. The molecular weight excluding hydrogens is 347 g/mol. The molecule has 1 atom stereocenters. The summed E-state index contributed by atoms with van der Waals surface area (Å²) in [5, 5.41) is 4.04. The van der Waals surface area contributed by atoms with Gasteiger partial charge in [0.15, 0.2) is 5.82 Å². The summed E-state index contributed by atoms with van der Waals surface area (Å²) in [6.07, 6.45) is 0. The fourth-order valence-electron chi connectivity index (χ4n) is 3.01. The van der Waals surface area contributed by atoms with E-state index in [9.17, 15) is 4.39 Å². The maximum Gasteiger partial charge on any atom is 0.201 e. The van der Waals surface area contributed by atoms with Crippen molar-refractivity contribution >= 4 is 11.8 Å². The molecule has 1 aromatic heterocycles. The number of nitrogens with zero attached hydrogens (tertiary/aromatic N) is 3. The lowest BCUT2D eigenvalue weighted by Crippen LogP contribution is -2.42. The molecule has 1 aliphatic heterocycles. The van der Waals surface area contributed by atoms with Crippen molar-refractivity contribution in [2.45, 2.75) is 12.8 Å². The first-order valence-corrected chi connectivity index (χ1v) is 8.60. The molecule has 1 unspecified atom stereocenters. The number of aliphatic imine (C=N–C) groups is 1. The van der Waals surface area contributed by atoms with E-state index in [1.165, 1.54) is 6.07 Å². The van der Waals surface area contributed by atoms with Crippen LogP contribution in [0.1, 0.15) is 24.2 Å². The van der Waals surface area contributed by atoms with E-state index in [0.717, 1.165) is 11.1 Å². The van der Waals surface area contributed by atoms with Gasteiger partial charge in [-0.25, -0.2) is 9.38 Å². The predicted octanol–water partition coefficient (Wildman–Crippen LogP) is 3.70. The van der Waals surface area contributed by atoms with Gasteiger partial charge in [0.25, 0.3) is 0 Å². The molecule has 0 saturated heterocycles. The molecule has 1 aliphatic rings. The predicted molar refractivity (Wildman–Crippen MR) is 101 cm³/mol. The molecule has 4 rings (SSSR count). The van der Waals surface area contributed by atoms with Crippen molar-refractivity contribution < 1.29 is 13.7 Å². The summed E-state index contributed by atoms with van der Waals surface area (Å²) < 4.78 is 25.4. The van der Waals surface area contributed by atoms with Gasteiger partial charge in [-0.05, 0) is 17.2 Å². The number of guanidine groups is 1. The second-order valence-electron chi connectivity index (χ2n) is 6.32. The maximum atomic E-state index is 14.7. The van der Waals surface area contributed by atoms with Crippen LogP contribution in [-0.4, -0.2) is 24.6 Å². The molecule has 0 fully saturated rings. The van der Waals surface area contributed by atoms with Crippen molar-refractivity contribution in [2.24, 2.45) is 10.7 Å². The molecule has 0 radical (unpaired) electrons. The average Bonchev–Trinajstić information content (AvgIpc) is 3.18. The molecule has 0 aliphatic carbocycles. The Kier molecular flexibility index (Phi) is 4.60. The Balaban J connectivity index is 1.58. The van der Waals surface area contributed by atoms with Crippen LogP contribution in [0.5, 0.6) is 0 Å². The van der Waals surface area contributed by atoms with Gasteiger partial charge in [-0.15, -0.1) is 0 Å². The van der Waals surface area contributed by atoms with Crippen molar-refractivity contribution in [2.75, 3.05) is 18.4 Å². The Morgan fingerprint density at radius 1 is 1.15 bits per heavy atom. The third kappa shape index (κ3) is 3.41. The molecule has 2 heterocycles. The first-order valence-electron chi connectivity index (χ1n) is 8.60. The highest BCUT2D eigenvalue weighted by Gasteiger charge is 2.22. The summed E-state index contributed by atoms with van der Waals surface area (Å²) >= 11 is 0. The van der Waals surface area contributed by atoms with Gasteiger partial charge < -0.3 is 15.0 Å².